The Morgan fingerprint density at radius 1 is 1.17 bits per heavy atom. The predicted molar refractivity (Wildman–Crippen MR) is 66.5 cm³/mol. The first-order valence-electron chi connectivity index (χ1n) is 5.09. The Kier molecular flexibility index (Phi) is 8.23. The third kappa shape index (κ3) is 5.37. The molecule has 0 aliphatic heterocycles. The third-order valence-electron chi connectivity index (χ3n) is 2.24. The minimum Gasteiger partial charge on any atom is -1.00 e. The van der Waals surface area contributed by atoms with Crippen molar-refractivity contribution in [3.63, 3.8) is 0 Å². The van der Waals surface area contributed by atoms with Gasteiger partial charge in [0, 0.05) is 5.75 Å². The Morgan fingerprint density at radius 3 is 2.44 bits per heavy atom. The number of halogens is 2. The largest absolute Gasteiger partial charge is 2.00 e. The maximum Gasteiger partial charge on any atom is 2.00 e. The van der Waals surface area contributed by atoms with Crippen molar-refractivity contribution in [2.45, 2.75) is 13.5 Å². The second-order valence-corrected chi connectivity index (χ2v) is 3.62. The van der Waals surface area contributed by atoms with Crippen molar-refractivity contribution in [1.82, 2.24) is 0 Å². The molecule has 0 aliphatic carbocycles. The number of hydrogen-bond acceptors (Lipinski definition) is 1. The Labute approximate surface area is 133 Å². The number of ether oxygens (including phenoxy) is 1. The molecular formula is C14H12BrFMgO. The van der Waals surface area contributed by atoms with Crippen molar-refractivity contribution in [3.8, 4) is 5.75 Å². The van der Waals surface area contributed by atoms with Gasteiger partial charge in [-0.05, 0) is 17.7 Å². The van der Waals surface area contributed by atoms with Crippen LogP contribution >= 0.6 is 0 Å². The van der Waals surface area contributed by atoms with Gasteiger partial charge in [-0.15, -0.1) is 12.1 Å². The fourth-order valence-electron chi connectivity index (χ4n) is 1.40. The van der Waals surface area contributed by atoms with E-state index in [1.807, 2.05) is 25.1 Å². The van der Waals surface area contributed by atoms with Gasteiger partial charge in [-0.25, -0.2) is 4.39 Å². The first-order valence-corrected chi connectivity index (χ1v) is 5.09. The third-order valence-corrected chi connectivity index (χ3v) is 2.24. The molecule has 0 unspecified atom stereocenters. The van der Waals surface area contributed by atoms with Gasteiger partial charge in [0.15, 0.2) is 0 Å². The summed E-state index contributed by atoms with van der Waals surface area (Å²) in [6, 6.07) is 15.0. The van der Waals surface area contributed by atoms with Crippen LogP contribution in [0.5, 0.6) is 5.75 Å². The zero-order valence-corrected chi connectivity index (χ0v) is 13.1. The van der Waals surface area contributed by atoms with Crippen molar-refractivity contribution in [3.05, 3.63) is 65.5 Å². The number of aryl methyl sites for hydroxylation is 1. The van der Waals surface area contributed by atoms with Crippen LogP contribution in [0.2, 0.25) is 0 Å². The maximum atomic E-state index is 12.7. The van der Waals surface area contributed by atoms with E-state index in [4.69, 9.17) is 4.74 Å². The molecule has 0 spiro atoms. The molecule has 0 amide bonds. The molecule has 2 aromatic carbocycles. The predicted octanol–water partition coefficient (Wildman–Crippen LogP) is 0.137. The Bertz CT molecular complexity index is 473. The van der Waals surface area contributed by atoms with Crippen LogP contribution in [0, 0.1) is 18.8 Å². The first-order chi connectivity index (χ1) is 7.74. The maximum absolute atomic E-state index is 12.7. The van der Waals surface area contributed by atoms with E-state index >= 15 is 0 Å². The molecule has 1 nitrogen and oxygen atoms in total. The number of benzene rings is 2. The van der Waals surface area contributed by atoms with Crippen LogP contribution in [0.4, 0.5) is 4.39 Å². The smallest absolute Gasteiger partial charge is 1.00 e. The van der Waals surface area contributed by atoms with Gasteiger partial charge in [-0.3, -0.25) is 0 Å². The molecule has 2 rings (SSSR count). The number of hydrogen-bond donors (Lipinski definition) is 0. The van der Waals surface area contributed by atoms with Crippen LogP contribution in [0.15, 0.2) is 42.5 Å². The molecule has 0 saturated heterocycles. The molecule has 4 heteroatoms. The van der Waals surface area contributed by atoms with Gasteiger partial charge in [0.25, 0.3) is 0 Å². The molecule has 0 aliphatic rings. The van der Waals surface area contributed by atoms with E-state index in [1.165, 1.54) is 12.1 Å². The van der Waals surface area contributed by atoms with Gasteiger partial charge in [-0.2, -0.15) is 17.7 Å². The monoisotopic (exact) mass is 318 g/mol. The van der Waals surface area contributed by atoms with Crippen molar-refractivity contribution in [2.24, 2.45) is 0 Å². The normalized spacial score (nSPS) is 9.00. The minimum absolute atomic E-state index is 0. The summed E-state index contributed by atoms with van der Waals surface area (Å²) in [4.78, 5) is 0. The number of rotatable bonds is 3. The van der Waals surface area contributed by atoms with Crippen LogP contribution in [0.3, 0.4) is 0 Å². The second-order valence-electron chi connectivity index (χ2n) is 3.62. The summed E-state index contributed by atoms with van der Waals surface area (Å²) in [7, 11) is 0. The molecule has 0 atom stereocenters. The van der Waals surface area contributed by atoms with Crippen molar-refractivity contribution >= 4 is 23.1 Å². The molecule has 0 aromatic heterocycles. The zero-order valence-electron chi connectivity index (χ0n) is 10.1. The molecule has 0 N–H and O–H groups in total. The van der Waals surface area contributed by atoms with E-state index in [0.717, 1.165) is 16.9 Å². The van der Waals surface area contributed by atoms with Crippen LogP contribution in [-0.4, -0.2) is 23.1 Å². The van der Waals surface area contributed by atoms with Gasteiger partial charge in [-0.1, -0.05) is 19.1 Å². The quantitative estimate of drug-likeness (QED) is 0.578. The van der Waals surface area contributed by atoms with Gasteiger partial charge in [0.1, 0.15) is 12.4 Å². The van der Waals surface area contributed by atoms with E-state index < -0.39 is 0 Å². The van der Waals surface area contributed by atoms with Crippen molar-refractivity contribution < 1.29 is 26.1 Å². The van der Waals surface area contributed by atoms with Gasteiger partial charge in [0.05, 0.1) is 0 Å². The van der Waals surface area contributed by atoms with Crippen molar-refractivity contribution in [1.29, 1.82) is 0 Å². The van der Waals surface area contributed by atoms with E-state index in [1.54, 1.807) is 12.1 Å². The molecule has 0 saturated carbocycles. The van der Waals surface area contributed by atoms with Crippen molar-refractivity contribution in [2.75, 3.05) is 0 Å². The molecular weight excluding hydrogens is 307 g/mol. The standard InChI is InChI=1S/C14H12FO.BrH.Mg/c1-11-3-2-4-14(9-11)16-10-12-5-7-13(15)8-6-12;;/h2,4-9H,10H2,1H3;1H;/q-1;;+2/p-1. The molecule has 90 valence electrons. The summed E-state index contributed by atoms with van der Waals surface area (Å²) >= 11 is 0. The van der Waals surface area contributed by atoms with E-state index in [9.17, 15) is 4.39 Å². The molecule has 0 fully saturated rings. The second kappa shape index (κ2) is 8.51. The van der Waals surface area contributed by atoms with Gasteiger partial charge >= 0.3 is 23.1 Å². The van der Waals surface area contributed by atoms with Crippen LogP contribution in [0.25, 0.3) is 0 Å². The van der Waals surface area contributed by atoms with Gasteiger partial charge in [0.2, 0.25) is 0 Å². The fraction of sp³-hybridized carbons (Fsp3) is 0.143. The van der Waals surface area contributed by atoms with E-state index in [-0.39, 0.29) is 45.9 Å². The Balaban J connectivity index is 0.00000144. The van der Waals surface area contributed by atoms with Crippen LogP contribution in [0.1, 0.15) is 11.1 Å². The Morgan fingerprint density at radius 2 is 1.83 bits per heavy atom. The summed E-state index contributed by atoms with van der Waals surface area (Å²) in [5.41, 5.74) is 1.99. The average molecular weight is 319 g/mol. The average Bonchev–Trinajstić information content (AvgIpc) is 2.28. The topological polar surface area (TPSA) is 9.23 Å². The molecule has 0 heterocycles. The summed E-state index contributed by atoms with van der Waals surface area (Å²) in [6.07, 6.45) is 0. The zero-order chi connectivity index (χ0) is 11.4. The van der Waals surface area contributed by atoms with Crippen LogP contribution in [-0.2, 0) is 6.61 Å². The molecule has 0 radical (unpaired) electrons. The minimum atomic E-state index is -0.228. The molecule has 0 bridgehead atoms. The summed E-state index contributed by atoms with van der Waals surface area (Å²) in [5, 5.41) is 0. The fourth-order valence-corrected chi connectivity index (χ4v) is 1.40. The summed E-state index contributed by atoms with van der Waals surface area (Å²) in [6.45, 7) is 2.41. The summed E-state index contributed by atoms with van der Waals surface area (Å²) in [5.74, 6) is 0.578. The molecule has 2 aromatic rings. The van der Waals surface area contributed by atoms with Crippen LogP contribution < -0.4 is 21.7 Å². The first kappa shape index (κ1) is 17.4. The van der Waals surface area contributed by atoms with E-state index in [2.05, 4.69) is 6.07 Å². The SMILES string of the molecule is Cc1[c-]ccc(OCc2ccc(F)cc2)c1.[Br-].[Mg+2]. The Hall–Kier alpha value is -0.584. The van der Waals surface area contributed by atoms with Gasteiger partial charge < -0.3 is 21.7 Å². The summed E-state index contributed by atoms with van der Waals surface area (Å²) < 4.78 is 18.2. The molecule has 18 heavy (non-hydrogen) atoms. The van der Waals surface area contributed by atoms with E-state index in [0.29, 0.717) is 6.61 Å².